The zero-order valence-electron chi connectivity index (χ0n) is 15.4. The zero-order chi connectivity index (χ0) is 19.5. The van der Waals surface area contributed by atoms with E-state index in [4.69, 9.17) is 9.15 Å². The fourth-order valence-corrected chi connectivity index (χ4v) is 3.77. The van der Waals surface area contributed by atoms with Crippen molar-refractivity contribution in [2.45, 2.75) is 12.8 Å². The summed E-state index contributed by atoms with van der Waals surface area (Å²) in [6.45, 7) is 2.23. The Labute approximate surface area is 171 Å². The maximum Gasteiger partial charge on any atom is 0.307 e. The smallest absolute Gasteiger partial charge is 0.307 e. The molecule has 0 saturated carbocycles. The lowest BCUT2D eigenvalue weighted by atomic mass is 10.2. The monoisotopic (exact) mass is 441 g/mol. The van der Waals surface area contributed by atoms with Crippen molar-refractivity contribution in [1.29, 1.82) is 0 Å². The van der Waals surface area contributed by atoms with Crippen LogP contribution < -0.4 is 15.1 Å². The molecule has 0 aliphatic carbocycles. The molecular formula is C21H20BrN3O3. The first-order valence-electron chi connectivity index (χ1n) is 9.09. The first kappa shape index (κ1) is 18.6. The van der Waals surface area contributed by atoms with E-state index in [0.717, 1.165) is 28.5 Å². The standard InChI is InChI=1S/C21H20BrN3O3/c1-27-18-12-16(22)10-15-11-19(28-20(15)18)21(26)24-23-13-14-4-6-17(7-5-14)25-8-2-3-9-25/h4-7,10-13H,2-3,8-9H2,1H3,(H,24,26)/b23-13-. The molecule has 0 bridgehead atoms. The molecule has 1 aliphatic heterocycles. The molecule has 3 aromatic rings. The van der Waals surface area contributed by atoms with Crippen LogP contribution in [0.4, 0.5) is 5.69 Å². The molecule has 1 aliphatic rings. The second-order valence-electron chi connectivity index (χ2n) is 6.62. The van der Waals surface area contributed by atoms with Gasteiger partial charge in [0.15, 0.2) is 17.1 Å². The predicted octanol–water partition coefficient (Wildman–Crippen LogP) is 4.57. The Hall–Kier alpha value is -2.80. The van der Waals surface area contributed by atoms with Gasteiger partial charge < -0.3 is 14.1 Å². The highest BCUT2D eigenvalue weighted by Crippen LogP contribution is 2.32. The molecule has 0 atom stereocenters. The van der Waals surface area contributed by atoms with Crippen molar-refractivity contribution in [1.82, 2.24) is 5.43 Å². The number of carbonyl (C=O) groups is 1. The van der Waals surface area contributed by atoms with Gasteiger partial charge in [-0.05, 0) is 48.7 Å². The fraction of sp³-hybridized carbons (Fsp3) is 0.238. The number of benzene rings is 2. The van der Waals surface area contributed by atoms with Crippen LogP contribution in [0.25, 0.3) is 11.0 Å². The number of ether oxygens (including phenoxy) is 1. The number of nitrogens with one attached hydrogen (secondary N) is 1. The van der Waals surface area contributed by atoms with E-state index in [1.807, 2.05) is 18.2 Å². The normalized spacial score (nSPS) is 14.1. The molecule has 28 heavy (non-hydrogen) atoms. The van der Waals surface area contributed by atoms with Crippen LogP contribution in [-0.4, -0.2) is 32.3 Å². The number of rotatable bonds is 5. The second-order valence-corrected chi connectivity index (χ2v) is 7.54. The number of halogens is 1. The van der Waals surface area contributed by atoms with Crippen molar-refractivity contribution >= 4 is 44.7 Å². The van der Waals surface area contributed by atoms with Crippen molar-refractivity contribution in [3.05, 3.63) is 58.3 Å². The highest BCUT2D eigenvalue weighted by molar-refractivity contribution is 9.10. The lowest BCUT2D eigenvalue weighted by molar-refractivity contribution is 0.0929. The lowest BCUT2D eigenvalue weighted by Gasteiger charge is -2.17. The number of fused-ring (bicyclic) bond motifs is 1. The molecule has 1 aromatic heterocycles. The Balaban J connectivity index is 1.43. The molecule has 144 valence electrons. The summed E-state index contributed by atoms with van der Waals surface area (Å²) in [7, 11) is 1.56. The van der Waals surface area contributed by atoms with Gasteiger partial charge in [-0.3, -0.25) is 4.79 Å². The molecule has 0 spiro atoms. The van der Waals surface area contributed by atoms with Crippen LogP contribution >= 0.6 is 15.9 Å². The Morgan fingerprint density at radius 3 is 2.68 bits per heavy atom. The predicted molar refractivity (Wildman–Crippen MR) is 113 cm³/mol. The van der Waals surface area contributed by atoms with E-state index in [9.17, 15) is 4.79 Å². The van der Waals surface area contributed by atoms with Gasteiger partial charge in [0.05, 0.1) is 13.3 Å². The second kappa shape index (κ2) is 8.06. The number of anilines is 1. The van der Waals surface area contributed by atoms with Gasteiger partial charge in [0.2, 0.25) is 0 Å². The topological polar surface area (TPSA) is 67.1 Å². The summed E-state index contributed by atoms with van der Waals surface area (Å²) in [5.41, 5.74) is 5.17. The first-order chi connectivity index (χ1) is 13.6. The van der Waals surface area contributed by atoms with Crippen molar-refractivity contribution in [3.63, 3.8) is 0 Å². The quantitative estimate of drug-likeness (QED) is 0.465. The van der Waals surface area contributed by atoms with Crippen LogP contribution in [0.2, 0.25) is 0 Å². The minimum Gasteiger partial charge on any atom is -0.493 e. The van der Waals surface area contributed by atoms with Crippen LogP contribution in [0.5, 0.6) is 5.75 Å². The largest absolute Gasteiger partial charge is 0.493 e. The molecule has 0 unspecified atom stereocenters. The third kappa shape index (κ3) is 3.89. The molecule has 1 saturated heterocycles. The summed E-state index contributed by atoms with van der Waals surface area (Å²) < 4.78 is 11.8. The average molecular weight is 442 g/mol. The van der Waals surface area contributed by atoms with Crippen molar-refractivity contribution in [3.8, 4) is 5.75 Å². The molecule has 1 fully saturated rings. The SMILES string of the molecule is COc1cc(Br)cc2cc(C(=O)N/N=C\c3ccc(N4CCCC4)cc3)oc12. The summed E-state index contributed by atoms with van der Waals surface area (Å²) in [5.74, 6) is 0.317. The van der Waals surface area contributed by atoms with Gasteiger partial charge in [0, 0.05) is 28.6 Å². The molecule has 0 radical (unpaired) electrons. The molecule has 4 rings (SSSR count). The molecule has 2 heterocycles. The van der Waals surface area contributed by atoms with E-state index in [-0.39, 0.29) is 5.76 Å². The van der Waals surface area contributed by atoms with Gasteiger partial charge in [-0.25, -0.2) is 5.43 Å². The number of methoxy groups -OCH3 is 1. The van der Waals surface area contributed by atoms with Gasteiger partial charge in [0.25, 0.3) is 0 Å². The lowest BCUT2D eigenvalue weighted by Crippen LogP contribution is -2.17. The molecule has 1 amide bonds. The number of hydrazone groups is 1. The number of hydrogen-bond acceptors (Lipinski definition) is 5. The van der Waals surface area contributed by atoms with Gasteiger partial charge in [0.1, 0.15) is 0 Å². The van der Waals surface area contributed by atoms with E-state index in [0.29, 0.717) is 11.3 Å². The number of nitrogens with zero attached hydrogens (tertiary/aromatic N) is 2. The summed E-state index contributed by atoms with van der Waals surface area (Å²) in [5, 5.41) is 4.81. The number of hydrogen-bond donors (Lipinski definition) is 1. The zero-order valence-corrected chi connectivity index (χ0v) is 17.0. The number of amides is 1. The van der Waals surface area contributed by atoms with Gasteiger partial charge in [-0.2, -0.15) is 5.10 Å². The average Bonchev–Trinajstić information content (AvgIpc) is 3.37. The van der Waals surface area contributed by atoms with E-state index < -0.39 is 5.91 Å². The Bertz CT molecular complexity index is 1020. The summed E-state index contributed by atoms with van der Waals surface area (Å²) >= 11 is 3.42. The van der Waals surface area contributed by atoms with Crippen LogP contribution in [0.1, 0.15) is 29.0 Å². The summed E-state index contributed by atoms with van der Waals surface area (Å²) in [4.78, 5) is 14.7. The number of furan rings is 1. The summed E-state index contributed by atoms with van der Waals surface area (Å²) in [6.07, 6.45) is 4.12. The van der Waals surface area contributed by atoms with E-state index >= 15 is 0 Å². The molecule has 7 heteroatoms. The van der Waals surface area contributed by atoms with Crippen LogP contribution in [0.15, 0.2) is 56.5 Å². The summed E-state index contributed by atoms with van der Waals surface area (Å²) in [6, 6.07) is 13.5. The minimum atomic E-state index is -0.417. The van der Waals surface area contributed by atoms with E-state index in [1.165, 1.54) is 18.5 Å². The van der Waals surface area contributed by atoms with Gasteiger partial charge in [-0.1, -0.05) is 28.1 Å². The Morgan fingerprint density at radius 1 is 1.21 bits per heavy atom. The van der Waals surface area contributed by atoms with Crippen molar-refractivity contribution in [2.75, 3.05) is 25.1 Å². The van der Waals surface area contributed by atoms with Crippen LogP contribution in [0, 0.1) is 0 Å². The third-order valence-electron chi connectivity index (χ3n) is 4.73. The van der Waals surface area contributed by atoms with Crippen LogP contribution in [-0.2, 0) is 0 Å². The van der Waals surface area contributed by atoms with Gasteiger partial charge >= 0.3 is 5.91 Å². The van der Waals surface area contributed by atoms with Gasteiger partial charge in [-0.15, -0.1) is 0 Å². The Morgan fingerprint density at radius 2 is 1.96 bits per heavy atom. The minimum absolute atomic E-state index is 0.174. The van der Waals surface area contributed by atoms with Crippen LogP contribution in [0.3, 0.4) is 0 Å². The maximum absolute atomic E-state index is 12.3. The van der Waals surface area contributed by atoms with E-state index in [2.05, 4.69) is 43.5 Å². The number of carbonyl (C=O) groups excluding carboxylic acids is 1. The molecule has 6 nitrogen and oxygen atoms in total. The first-order valence-corrected chi connectivity index (χ1v) is 9.89. The molecule has 2 aromatic carbocycles. The highest BCUT2D eigenvalue weighted by atomic mass is 79.9. The highest BCUT2D eigenvalue weighted by Gasteiger charge is 2.15. The third-order valence-corrected chi connectivity index (χ3v) is 5.19. The van der Waals surface area contributed by atoms with Crippen molar-refractivity contribution in [2.24, 2.45) is 5.10 Å². The van der Waals surface area contributed by atoms with E-state index in [1.54, 1.807) is 25.5 Å². The molecule has 1 N–H and O–H groups in total. The maximum atomic E-state index is 12.3. The Kier molecular flexibility index (Phi) is 5.34. The fourth-order valence-electron chi connectivity index (χ4n) is 3.32. The molecular weight excluding hydrogens is 422 g/mol. The van der Waals surface area contributed by atoms with Crippen molar-refractivity contribution < 1.29 is 13.9 Å².